The topological polar surface area (TPSA) is 55.8 Å². The van der Waals surface area contributed by atoms with Crippen LogP contribution in [0.4, 0.5) is 4.39 Å². The first-order valence-electron chi connectivity index (χ1n) is 8.38. The van der Waals surface area contributed by atoms with Gasteiger partial charge in [0, 0.05) is 25.0 Å². The van der Waals surface area contributed by atoms with Crippen LogP contribution in [0.1, 0.15) is 41.0 Å². The van der Waals surface area contributed by atoms with Gasteiger partial charge in [-0.05, 0) is 18.1 Å². The standard InChI is InChI=1S/C17H32FNO4Si/c1-16(2,3)24(7,8)23-11-17(4,5)10-19-13(15(21)22-6)9-12(18)14(19)20/h12-13H,9-11H2,1-8H3/t12-,13+/m1/s1. The SMILES string of the molecule is COC(=O)[C@@H]1C[C@@H](F)C(=O)N1CC(C)(C)CO[Si](C)(C)C(C)(C)C. The number of ether oxygens (including phenoxy) is 1. The highest BCUT2D eigenvalue weighted by Crippen LogP contribution is 2.38. The highest BCUT2D eigenvalue weighted by molar-refractivity contribution is 6.74. The van der Waals surface area contributed by atoms with Gasteiger partial charge in [-0.15, -0.1) is 0 Å². The summed E-state index contributed by atoms with van der Waals surface area (Å²) in [5.41, 5.74) is -0.387. The zero-order chi connectivity index (χ0) is 18.9. The minimum absolute atomic E-state index is 0.0884. The van der Waals surface area contributed by atoms with Crippen LogP contribution in [0.3, 0.4) is 0 Å². The van der Waals surface area contributed by atoms with Gasteiger partial charge >= 0.3 is 5.97 Å². The lowest BCUT2D eigenvalue weighted by Gasteiger charge is -2.40. The van der Waals surface area contributed by atoms with E-state index >= 15 is 0 Å². The van der Waals surface area contributed by atoms with Crippen molar-refractivity contribution in [1.29, 1.82) is 0 Å². The second-order valence-electron chi connectivity index (χ2n) is 8.92. The number of halogens is 1. The quantitative estimate of drug-likeness (QED) is 0.539. The summed E-state index contributed by atoms with van der Waals surface area (Å²) in [5.74, 6) is -1.20. The molecule has 24 heavy (non-hydrogen) atoms. The number of esters is 1. The molecule has 0 aromatic heterocycles. The predicted molar refractivity (Wildman–Crippen MR) is 94.0 cm³/mol. The number of likely N-dealkylation sites (tertiary alicyclic amines) is 1. The van der Waals surface area contributed by atoms with Crippen LogP contribution in [0.2, 0.25) is 18.1 Å². The summed E-state index contributed by atoms with van der Waals surface area (Å²) in [7, 11) is -0.664. The average Bonchev–Trinajstić information content (AvgIpc) is 2.71. The minimum Gasteiger partial charge on any atom is -0.467 e. The van der Waals surface area contributed by atoms with E-state index in [0.29, 0.717) is 6.61 Å². The van der Waals surface area contributed by atoms with E-state index in [2.05, 4.69) is 33.9 Å². The first kappa shape index (κ1) is 21.1. The molecule has 0 spiro atoms. The summed E-state index contributed by atoms with van der Waals surface area (Å²) in [4.78, 5) is 25.2. The van der Waals surface area contributed by atoms with Gasteiger partial charge in [0.25, 0.3) is 5.91 Å². The number of carbonyl (C=O) groups is 2. The molecule has 0 aromatic rings. The van der Waals surface area contributed by atoms with Crippen molar-refractivity contribution in [3.63, 3.8) is 0 Å². The van der Waals surface area contributed by atoms with E-state index in [-0.39, 0.29) is 23.4 Å². The zero-order valence-electron chi connectivity index (χ0n) is 16.2. The Morgan fingerprint density at radius 1 is 1.29 bits per heavy atom. The zero-order valence-corrected chi connectivity index (χ0v) is 17.2. The maximum Gasteiger partial charge on any atom is 0.328 e. The van der Waals surface area contributed by atoms with Gasteiger partial charge in [-0.1, -0.05) is 34.6 Å². The molecule has 1 heterocycles. The largest absolute Gasteiger partial charge is 0.467 e. The number of hydrogen-bond donors (Lipinski definition) is 0. The van der Waals surface area contributed by atoms with Gasteiger partial charge in [0.15, 0.2) is 14.5 Å². The van der Waals surface area contributed by atoms with Crippen molar-refractivity contribution in [2.24, 2.45) is 5.41 Å². The summed E-state index contributed by atoms with van der Waals surface area (Å²) in [5, 5.41) is 0.0884. The Labute approximate surface area is 146 Å². The summed E-state index contributed by atoms with van der Waals surface area (Å²) in [6, 6.07) is -0.843. The van der Waals surface area contributed by atoms with Crippen LogP contribution in [-0.4, -0.2) is 57.6 Å². The van der Waals surface area contributed by atoms with Gasteiger partial charge in [0.1, 0.15) is 6.04 Å². The van der Waals surface area contributed by atoms with Crippen LogP contribution in [0.5, 0.6) is 0 Å². The number of methoxy groups -OCH3 is 1. The van der Waals surface area contributed by atoms with Crippen molar-refractivity contribution in [3.05, 3.63) is 0 Å². The summed E-state index contributed by atoms with van der Waals surface area (Å²) < 4.78 is 24.8. The third kappa shape index (κ3) is 4.78. The molecular weight excluding hydrogens is 329 g/mol. The highest BCUT2D eigenvalue weighted by Gasteiger charge is 2.46. The Bertz CT molecular complexity index is 487. The maximum atomic E-state index is 13.8. The van der Waals surface area contributed by atoms with Crippen LogP contribution < -0.4 is 0 Å². The van der Waals surface area contributed by atoms with Gasteiger partial charge in [-0.25, -0.2) is 9.18 Å². The number of hydrogen-bond acceptors (Lipinski definition) is 4. The lowest BCUT2D eigenvalue weighted by molar-refractivity contribution is -0.150. The molecule has 7 heteroatoms. The van der Waals surface area contributed by atoms with E-state index in [9.17, 15) is 14.0 Å². The Kier molecular flexibility index (Phi) is 6.25. The Balaban J connectivity index is 2.81. The summed E-state index contributed by atoms with van der Waals surface area (Å²) in [6.45, 7) is 15.5. The lowest BCUT2D eigenvalue weighted by atomic mass is 9.94. The second-order valence-corrected chi connectivity index (χ2v) is 13.7. The summed E-state index contributed by atoms with van der Waals surface area (Å²) in [6.07, 6.45) is -1.77. The fraction of sp³-hybridized carbons (Fsp3) is 0.882. The molecule has 0 aromatic carbocycles. The molecule has 2 atom stereocenters. The van der Waals surface area contributed by atoms with E-state index < -0.39 is 32.4 Å². The molecule has 1 aliphatic heterocycles. The second kappa shape index (κ2) is 7.12. The fourth-order valence-corrected chi connectivity index (χ4v) is 3.59. The van der Waals surface area contributed by atoms with Crippen molar-refractivity contribution < 1.29 is 23.1 Å². The van der Waals surface area contributed by atoms with Gasteiger partial charge in [0.2, 0.25) is 0 Å². The number of alkyl halides is 1. The average molecular weight is 362 g/mol. The smallest absolute Gasteiger partial charge is 0.328 e. The maximum absolute atomic E-state index is 13.8. The fourth-order valence-electron chi connectivity index (χ4n) is 2.40. The van der Waals surface area contributed by atoms with E-state index in [1.165, 1.54) is 12.0 Å². The molecule has 5 nitrogen and oxygen atoms in total. The van der Waals surface area contributed by atoms with E-state index in [4.69, 9.17) is 9.16 Å². The number of nitrogens with zero attached hydrogens (tertiary/aromatic N) is 1. The molecule has 1 saturated heterocycles. The summed E-state index contributed by atoms with van der Waals surface area (Å²) >= 11 is 0. The van der Waals surface area contributed by atoms with Crippen molar-refractivity contribution in [2.45, 2.75) is 71.4 Å². The number of amides is 1. The first-order valence-corrected chi connectivity index (χ1v) is 11.3. The molecule has 140 valence electrons. The van der Waals surface area contributed by atoms with Crippen molar-refractivity contribution in [2.75, 3.05) is 20.3 Å². The van der Waals surface area contributed by atoms with E-state index in [0.717, 1.165) is 0 Å². The molecule has 0 aliphatic carbocycles. The van der Waals surface area contributed by atoms with Crippen molar-refractivity contribution in [3.8, 4) is 0 Å². The molecule has 1 aliphatic rings. The first-order chi connectivity index (χ1) is 10.7. The molecule has 0 unspecified atom stereocenters. The molecule has 0 radical (unpaired) electrons. The van der Waals surface area contributed by atoms with Crippen LogP contribution in [0.15, 0.2) is 0 Å². The monoisotopic (exact) mass is 361 g/mol. The van der Waals surface area contributed by atoms with Crippen LogP contribution in [0, 0.1) is 5.41 Å². The van der Waals surface area contributed by atoms with Gasteiger partial charge in [0.05, 0.1) is 7.11 Å². The van der Waals surface area contributed by atoms with Gasteiger partial charge < -0.3 is 14.1 Å². The Morgan fingerprint density at radius 3 is 2.29 bits per heavy atom. The third-order valence-electron chi connectivity index (χ3n) is 5.06. The molecule has 0 bridgehead atoms. The lowest BCUT2D eigenvalue weighted by Crippen LogP contribution is -2.48. The van der Waals surface area contributed by atoms with Crippen LogP contribution >= 0.6 is 0 Å². The van der Waals surface area contributed by atoms with E-state index in [1.807, 2.05) is 13.8 Å². The Morgan fingerprint density at radius 2 is 1.83 bits per heavy atom. The predicted octanol–water partition coefficient (Wildman–Crippen LogP) is 3.15. The normalized spacial score (nSPS) is 22.9. The highest BCUT2D eigenvalue weighted by atomic mass is 28.4. The van der Waals surface area contributed by atoms with Crippen molar-refractivity contribution in [1.82, 2.24) is 4.90 Å². The van der Waals surface area contributed by atoms with Crippen LogP contribution in [0.25, 0.3) is 0 Å². The Hall–Kier alpha value is -0.953. The molecule has 1 fully saturated rings. The minimum atomic E-state index is -1.92. The van der Waals surface area contributed by atoms with Crippen LogP contribution in [-0.2, 0) is 18.8 Å². The molecule has 0 saturated carbocycles. The van der Waals surface area contributed by atoms with Gasteiger partial charge in [-0.3, -0.25) is 4.79 Å². The third-order valence-corrected chi connectivity index (χ3v) is 9.54. The molecule has 0 N–H and O–H groups in total. The molecule has 1 rings (SSSR count). The number of rotatable bonds is 6. The van der Waals surface area contributed by atoms with Gasteiger partial charge in [-0.2, -0.15) is 0 Å². The van der Waals surface area contributed by atoms with Crippen molar-refractivity contribution >= 4 is 20.2 Å². The molecular formula is C17H32FNO4Si. The molecule has 1 amide bonds. The number of carbonyl (C=O) groups excluding carboxylic acids is 2. The van der Waals surface area contributed by atoms with E-state index in [1.54, 1.807) is 0 Å².